The lowest BCUT2D eigenvalue weighted by Gasteiger charge is -2.22. The summed E-state index contributed by atoms with van der Waals surface area (Å²) in [7, 11) is 0. The topological polar surface area (TPSA) is 20.2 Å². The van der Waals surface area contributed by atoms with Gasteiger partial charge in [-0.3, -0.25) is 0 Å². The van der Waals surface area contributed by atoms with Gasteiger partial charge in [-0.1, -0.05) is 27.7 Å². The molecule has 0 bridgehead atoms. The molecule has 0 aromatic carbocycles. The van der Waals surface area contributed by atoms with Gasteiger partial charge >= 0.3 is 0 Å². The van der Waals surface area contributed by atoms with Gasteiger partial charge in [0.2, 0.25) is 0 Å². The maximum absolute atomic E-state index is 10.1. The SMILES string of the molecule is CC(C)CC1CCC(CC(C)C)C1O. The molecular weight excluding hydrogens is 172 g/mol. The minimum Gasteiger partial charge on any atom is -0.393 e. The van der Waals surface area contributed by atoms with Gasteiger partial charge in [-0.25, -0.2) is 0 Å². The van der Waals surface area contributed by atoms with E-state index in [9.17, 15) is 5.11 Å². The van der Waals surface area contributed by atoms with Gasteiger partial charge in [-0.05, 0) is 49.4 Å². The Morgan fingerprint density at radius 3 is 1.57 bits per heavy atom. The first-order chi connectivity index (χ1) is 6.50. The van der Waals surface area contributed by atoms with Crippen molar-refractivity contribution >= 4 is 0 Å². The van der Waals surface area contributed by atoms with Crippen LogP contribution in [0.3, 0.4) is 0 Å². The molecule has 1 saturated carbocycles. The first kappa shape index (κ1) is 12.0. The molecule has 0 heterocycles. The van der Waals surface area contributed by atoms with Gasteiger partial charge < -0.3 is 5.11 Å². The van der Waals surface area contributed by atoms with Crippen LogP contribution in [0.2, 0.25) is 0 Å². The van der Waals surface area contributed by atoms with Crippen molar-refractivity contribution in [3.05, 3.63) is 0 Å². The van der Waals surface area contributed by atoms with Gasteiger partial charge in [-0.2, -0.15) is 0 Å². The second-order valence-corrected chi connectivity index (χ2v) is 5.85. The van der Waals surface area contributed by atoms with Gasteiger partial charge in [0.1, 0.15) is 0 Å². The fraction of sp³-hybridized carbons (Fsp3) is 1.00. The van der Waals surface area contributed by atoms with Crippen molar-refractivity contribution in [2.75, 3.05) is 0 Å². The van der Waals surface area contributed by atoms with E-state index in [4.69, 9.17) is 0 Å². The van der Waals surface area contributed by atoms with E-state index in [0.717, 1.165) is 11.8 Å². The largest absolute Gasteiger partial charge is 0.393 e. The molecule has 1 rings (SSSR count). The molecule has 1 heteroatoms. The molecule has 1 aliphatic carbocycles. The average Bonchev–Trinajstić information content (AvgIpc) is 2.34. The molecular formula is C13H26O. The highest BCUT2D eigenvalue weighted by Crippen LogP contribution is 2.38. The van der Waals surface area contributed by atoms with Crippen molar-refractivity contribution in [2.45, 2.75) is 59.5 Å². The summed E-state index contributed by atoms with van der Waals surface area (Å²) in [5, 5.41) is 10.1. The van der Waals surface area contributed by atoms with Crippen molar-refractivity contribution < 1.29 is 5.11 Å². The van der Waals surface area contributed by atoms with Crippen LogP contribution >= 0.6 is 0 Å². The zero-order valence-electron chi connectivity index (χ0n) is 10.2. The predicted molar refractivity (Wildman–Crippen MR) is 61.1 cm³/mol. The molecule has 1 N–H and O–H groups in total. The van der Waals surface area contributed by atoms with E-state index in [1.807, 2.05) is 0 Å². The van der Waals surface area contributed by atoms with Crippen LogP contribution < -0.4 is 0 Å². The van der Waals surface area contributed by atoms with Crippen molar-refractivity contribution in [1.29, 1.82) is 0 Å². The predicted octanol–water partition coefficient (Wildman–Crippen LogP) is 3.47. The van der Waals surface area contributed by atoms with Crippen molar-refractivity contribution in [3.63, 3.8) is 0 Å². The summed E-state index contributed by atoms with van der Waals surface area (Å²) in [6.45, 7) is 9.01. The smallest absolute Gasteiger partial charge is 0.0596 e. The Morgan fingerprint density at radius 2 is 1.29 bits per heavy atom. The zero-order chi connectivity index (χ0) is 10.7. The van der Waals surface area contributed by atoms with Gasteiger partial charge in [-0.15, -0.1) is 0 Å². The second-order valence-electron chi connectivity index (χ2n) is 5.85. The standard InChI is InChI=1S/C13H26O/c1-9(2)7-11-5-6-12(13(11)14)8-10(3)4/h9-14H,5-8H2,1-4H3. The quantitative estimate of drug-likeness (QED) is 0.733. The van der Waals surface area contributed by atoms with Crippen LogP contribution in [-0.4, -0.2) is 11.2 Å². The van der Waals surface area contributed by atoms with Gasteiger partial charge in [0, 0.05) is 0 Å². The number of aliphatic hydroxyl groups is 1. The molecule has 0 aromatic heterocycles. The summed E-state index contributed by atoms with van der Waals surface area (Å²) in [5.41, 5.74) is 0. The average molecular weight is 198 g/mol. The summed E-state index contributed by atoms with van der Waals surface area (Å²) >= 11 is 0. The van der Waals surface area contributed by atoms with Crippen LogP contribution in [0, 0.1) is 23.7 Å². The summed E-state index contributed by atoms with van der Waals surface area (Å²) in [6, 6.07) is 0. The first-order valence-electron chi connectivity index (χ1n) is 6.18. The lowest BCUT2D eigenvalue weighted by atomic mass is 9.89. The first-order valence-corrected chi connectivity index (χ1v) is 6.18. The third-order valence-corrected chi connectivity index (χ3v) is 3.42. The minimum absolute atomic E-state index is 0.0141. The third-order valence-electron chi connectivity index (χ3n) is 3.42. The van der Waals surface area contributed by atoms with Crippen LogP contribution in [0.4, 0.5) is 0 Å². The van der Waals surface area contributed by atoms with Crippen LogP contribution in [0.25, 0.3) is 0 Å². The number of aliphatic hydroxyl groups excluding tert-OH is 1. The molecule has 14 heavy (non-hydrogen) atoms. The fourth-order valence-electron chi connectivity index (χ4n) is 2.88. The summed E-state index contributed by atoms with van der Waals surface area (Å²) in [6.07, 6.45) is 4.89. The Kier molecular flexibility index (Phi) is 4.43. The molecule has 1 fully saturated rings. The maximum Gasteiger partial charge on any atom is 0.0596 e. The molecule has 0 aliphatic heterocycles. The molecule has 2 unspecified atom stereocenters. The lowest BCUT2D eigenvalue weighted by Crippen LogP contribution is -2.23. The zero-order valence-corrected chi connectivity index (χ0v) is 10.2. The number of hydrogen-bond acceptors (Lipinski definition) is 1. The summed E-state index contributed by atoms with van der Waals surface area (Å²) in [5.74, 6) is 2.62. The Bertz CT molecular complexity index is 145. The van der Waals surface area contributed by atoms with Gasteiger partial charge in [0.05, 0.1) is 6.10 Å². The van der Waals surface area contributed by atoms with Crippen molar-refractivity contribution in [1.82, 2.24) is 0 Å². The Morgan fingerprint density at radius 1 is 0.929 bits per heavy atom. The van der Waals surface area contributed by atoms with Crippen LogP contribution in [0.15, 0.2) is 0 Å². The monoisotopic (exact) mass is 198 g/mol. The van der Waals surface area contributed by atoms with Crippen LogP contribution in [-0.2, 0) is 0 Å². The molecule has 0 spiro atoms. The molecule has 1 aliphatic rings. The minimum atomic E-state index is -0.0141. The Balaban J connectivity index is 2.38. The number of rotatable bonds is 4. The fourth-order valence-corrected chi connectivity index (χ4v) is 2.88. The molecule has 0 saturated heterocycles. The van der Waals surface area contributed by atoms with Crippen molar-refractivity contribution in [2.24, 2.45) is 23.7 Å². The highest BCUT2D eigenvalue weighted by Gasteiger charge is 2.34. The molecule has 0 amide bonds. The molecule has 1 nitrogen and oxygen atoms in total. The molecule has 0 radical (unpaired) electrons. The van der Waals surface area contributed by atoms with Crippen LogP contribution in [0.5, 0.6) is 0 Å². The molecule has 2 atom stereocenters. The Labute approximate surface area is 88.9 Å². The van der Waals surface area contributed by atoms with E-state index < -0.39 is 0 Å². The normalized spacial score (nSPS) is 33.2. The maximum atomic E-state index is 10.1. The van der Waals surface area contributed by atoms with Crippen molar-refractivity contribution in [3.8, 4) is 0 Å². The van der Waals surface area contributed by atoms with E-state index in [0.29, 0.717) is 11.8 Å². The third kappa shape index (κ3) is 3.27. The highest BCUT2D eigenvalue weighted by molar-refractivity contribution is 4.85. The molecule has 0 aromatic rings. The van der Waals surface area contributed by atoms with Gasteiger partial charge in [0.25, 0.3) is 0 Å². The van der Waals surface area contributed by atoms with E-state index in [1.54, 1.807) is 0 Å². The summed E-state index contributed by atoms with van der Waals surface area (Å²) < 4.78 is 0. The Hall–Kier alpha value is -0.0400. The highest BCUT2D eigenvalue weighted by atomic mass is 16.3. The molecule has 84 valence electrons. The van der Waals surface area contributed by atoms with Crippen LogP contribution in [0.1, 0.15) is 53.4 Å². The van der Waals surface area contributed by atoms with E-state index in [2.05, 4.69) is 27.7 Å². The summed E-state index contributed by atoms with van der Waals surface area (Å²) in [4.78, 5) is 0. The van der Waals surface area contributed by atoms with E-state index >= 15 is 0 Å². The van der Waals surface area contributed by atoms with E-state index in [1.165, 1.54) is 25.7 Å². The second kappa shape index (κ2) is 5.16. The van der Waals surface area contributed by atoms with Gasteiger partial charge in [0.15, 0.2) is 0 Å². The van der Waals surface area contributed by atoms with E-state index in [-0.39, 0.29) is 6.10 Å². The lowest BCUT2D eigenvalue weighted by molar-refractivity contribution is 0.0735. The number of hydrogen-bond donors (Lipinski definition) is 1.